The zero-order valence-electron chi connectivity index (χ0n) is 12.0. The predicted molar refractivity (Wildman–Crippen MR) is 92.0 cm³/mol. The molecule has 8 nitrogen and oxygen atoms in total. The summed E-state index contributed by atoms with van der Waals surface area (Å²) in [4.78, 5) is 33.7. The van der Waals surface area contributed by atoms with Gasteiger partial charge in [0.25, 0.3) is 0 Å². The number of aromatic nitrogens is 2. The number of hydrogen-bond acceptors (Lipinski definition) is 7. The van der Waals surface area contributed by atoms with Crippen molar-refractivity contribution >= 4 is 63.3 Å². The predicted octanol–water partition coefficient (Wildman–Crippen LogP) is 2.14. The molecule has 0 atom stereocenters. The first-order valence-electron chi connectivity index (χ1n) is 6.43. The van der Waals surface area contributed by atoms with Gasteiger partial charge in [-0.25, -0.2) is 4.79 Å². The summed E-state index contributed by atoms with van der Waals surface area (Å²) in [6.45, 7) is 0. The molecule has 0 spiro atoms. The Labute approximate surface area is 149 Å². The summed E-state index contributed by atoms with van der Waals surface area (Å²) in [5.74, 6) is -1.77. The molecule has 11 heteroatoms. The number of anilines is 2. The number of carboxylic acids is 1. The van der Waals surface area contributed by atoms with Gasteiger partial charge in [0.05, 0.1) is 11.3 Å². The number of benzene rings is 1. The van der Waals surface area contributed by atoms with Crippen LogP contribution < -0.4 is 10.6 Å². The number of rotatable bonds is 7. The van der Waals surface area contributed by atoms with Gasteiger partial charge in [-0.15, -0.1) is 21.8 Å². The molecule has 0 aliphatic carbocycles. The van der Waals surface area contributed by atoms with Crippen LogP contribution in [-0.2, 0) is 9.59 Å². The first kappa shape index (κ1) is 18.2. The number of hydrogen-bond donors (Lipinski definition) is 3. The van der Waals surface area contributed by atoms with Gasteiger partial charge in [0.2, 0.25) is 16.9 Å². The van der Waals surface area contributed by atoms with Crippen LogP contribution in [0.25, 0.3) is 0 Å². The highest BCUT2D eigenvalue weighted by Gasteiger charge is 2.10. The molecule has 1 heterocycles. The minimum absolute atomic E-state index is 0.0960. The maximum Gasteiger partial charge on any atom is 0.335 e. The van der Waals surface area contributed by atoms with Crippen molar-refractivity contribution in [3.05, 3.63) is 29.8 Å². The smallest absolute Gasteiger partial charge is 0.335 e. The molecule has 1 aromatic carbocycles. The number of carbonyl (C=O) groups is 3. The van der Waals surface area contributed by atoms with Crippen molar-refractivity contribution < 1.29 is 19.5 Å². The van der Waals surface area contributed by atoms with E-state index in [2.05, 4.69) is 20.8 Å². The van der Waals surface area contributed by atoms with E-state index in [0.717, 1.165) is 11.3 Å². The van der Waals surface area contributed by atoms with Crippen LogP contribution in [0.1, 0.15) is 10.4 Å². The maximum absolute atomic E-state index is 11.9. The lowest BCUT2D eigenvalue weighted by Gasteiger charge is -2.04. The van der Waals surface area contributed by atoms with Crippen molar-refractivity contribution in [1.29, 1.82) is 0 Å². The molecule has 1 aromatic heterocycles. The van der Waals surface area contributed by atoms with E-state index in [9.17, 15) is 14.4 Å². The fraction of sp³-hybridized carbons (Fsp3) is 0.154. The topological polar surface area (TPSA) is 121 Å². The molecule has 0 fully saturated rings. The lowest BCUT2D eigenvalue weighted by Crippen LogP contribution is -2.14. The molecule has 0 aliphatic rings. The van der Waals surface area contributed by atoms with E-state index < -0.39 is 5.97 Å². The number of halogens is 1. The molecule has 2 amide bonds. The Morgan fingerprint density at radius 1 is 1.12 bits per heavy atom. The normalized spacial score (nSPS) is 10.2. The van der Waals surface area contributed by atoms with Crippen molar-refractivity contribution in [1.82, 2.24) is 10.2 Å². The van der Waals surface area contributed by atoms with Gasteiger partial charge in [0.15, 0.2) is 4.34 Å². The number of thioether (sulfide) groups is 1. The van der Waals surface area contributed by atoms with E-state index >= 15 is 0 Å². The van der Waals surface area contributed by atoms with Gasteiger partial charge in [-0.2, -0.15) is 0 Å². The minimum Gasteiger partial charge on any atom is -0.478 e. The van der Waals surface area contributed by atoms with Crippen LogP contribution in [-0.4, -0.2) is 44.7 Å². The van der Waals surface area contributed by atoms with Crippen molar-refractivity contribution in [3.8, 4) is 0 Å². The highest BCUT2D eigenvalue weighted by atomic mass is 35.5. The standard InChI is InChI=1S/C13H11ClN4O4S2/c14-5-9(19)16-12-17-18-13(24-12)23-6-10(20)15-8-3-1-7(2-4-8)11(21)22/h1-4H,5-6H2,(H,15,20)(H,21,22)(H,16,17,19). The number of carboxylic acid groups (broad SMARTS) is 1. The number of alkyl halides is 1. The largest absolute Gasteiger partial charge is 0.478 e. The van der Waals surface area contributed by atoms with Gasteiger partial charge in [0.1, 0.15) is 5.88 Å². The first-order valence-corrected chi connectivity index (χ1v) is 8.77. The third kappa shape index (κ3) is 5.48. The summed E-state index contributed by atoms with van der Waals surface area (Å²) in [6, 6.07) is 5.83. The van der Waals surface area contributed by atoms with Crippen molar-refractivity contribution in [3.63, 3.8) is 0 Å². The Bertz CT molecular complexity index is 751. The van der Waals surface area contributed by atoms with Gasteiger partial charge in [0, 0.05) is 5.69 Å². The molecule has 2 rings (SSSR count). The Morgan fingerprint density at radius 3 is 2.46 bits per heavy atom. The average molecular weight is 387 g/mol. The van der Waals surface area contributed by atoms with Gasteiger partial charge in [-0.05, 0) is 24.3 Å². The summed E-state index contributed by atoms with van der Waals surface area (Å²) in [7, 11) is 0. The zero-order valence-corrected chi connectivity index (χ0v) is 14.4. The molecule has 0 unspecified atom stereocenters. The maximum atomic E-state index is 11.9. The van der Waals surface area contributed by atoms with Crippen LogP contribution in [0, 0.1) is 0 Å². The summed E-state index contributed by atoms with van der Waals surface area (Å²) < 4.78 is 0.524. The second-order valence-electron chi connectivity index (χ2n) is 4.27. The number of nitrogens with one attached hydrogen (secondary N) is 2. The van der Waals surface area contributed by atoms with Gasteiger partial charge in [-0.3, -0.25) is 14.9 Å². The number of carbonyl (C=O) groups excluding carboxylic acids is 2. The SMILES string of the molecule is O=C(CSc1nnc(NC(=O)CCl)s1)Nc1ccc(C(=O)O)cc1. The molecular weight excluding hydrogens is 376 g/mol. The Kier molecular flexibility index (Phi) is 6.53. The Balaban J connectivity index is 1.82. The monoisotopic (exact) mass is 386 g/mol. The Morgan fingerprint density at radius 2 is 1.83 bits per heavy atom. The third-order valence-electron chi connectivity index (χ3n) is 2.52. The fourth-order valence-electron chi connectivity index (χ4n) is 1.49. The number of amides is 2. The van der Waals surface area contributed by atoms with E-state index in [1.807, 2.05) is 0 Å². The molecule has 126 valence electrons. The minimum atomic E-state index is -1.03. The molecule has 3 N–H and O–H groups in total. The molecule has 0 bridgehead atoms. The lowest BCUT2D eigenvalue weighted by atomic mass is 10.2. The van der Waals surface area contributed by atoms with Crippen LogP contribution in [0.5, 0.6) is 0 Å². The quantitative estimate of drug-likeness (QED) is 0.378. The van der Waals surface area contributed by atoms with Crippen molar-refractivity contribution in [2.45, 2.75) is 4.34 Å². The molecule has 0 radical (unpaired) electrons. The van der Waals surface area contributed by atoms with Gasteiger partial charge < -0.3 is 10.4 Å². The van der Waals surface area contributed by atoms with Crippen LogP contribution >= 0.6 is 34.7 Å². The van der Waals surface area contributed by atoms with Crippen LogP contribution in [0.2, 0.25) is 0 Å². The highest BCUT2D eigenvalue weighted by Crippen LogP contribution is 2.25. The average Bonchev–Trinajstić information content (AvgIpc) is 3.00. The highest BCUT2D eigenvalue weighted by molar-refractivity contribution is 8.01. The second kappa shape index (κ2) is 8.62. The van der Waals surface area contributed by atoms with Crippen molar-refractivity contribution in [2.24, 2.45) is 0 Å². The molecule has 0 saturated heterocycles. The fourth-order valence-corrected chi connectivity index (χ4v) is 3.13. The number of nitrogens with zero attached hydrogens (tertiary/aromatic N) is 2. The number of aromatic carboxylic acids is 1. The molecule has 2 aromatic rings. The van der Waals surface area contributed by atoms with Gasteiger partial charge >= 0.3 is 5.97 Å². The van der Waals surface area contributed by atoms with Crippen molar-refractivity contribution in [2.75, 3.05) is 22.3 Å². The van der Waals surface area contributed by atoms with Crippen LogP contribution in [0.3, 0.4) is 0 Å². The third-order valence-corrected chi connectivity index (χ3v) is 4.73. The summed E-state index contributed by atoms with van der Waals surface area (Å²) in [5.41, 5.74) is 0.640. The summed E-state index contributed by atoms with van der Waals surface area (Å²) >= 11 is 7.67. The van der Waals surface area contributed by atoms with E-state index in [1.165, 1.54) is 36.0 Å². The lowest BCUT2D eigenvalue weighted by molar-refractivity contribution is -0.114. The van der Waals surface area contributed by atoms with E-state index in [0.29, 0.717) is 15.2 Å². The second-order valence-corrected chi connectivity index (χ2v) is 6.74. The van der Waals surface area contributed by atoms with Crippen LogP contribution in [0.4, 0.5) is 10.8 Å². The first-order chi connectivity index (χ1) is 11.5. The molecule has 0 saturated carbocycles. The van der Waals surface area contributed by atoms with E-state index in [4.69, 9.17) is 16.7 Å². The van der Waals surface area contributed by atoms with E-state index in [1.54, 1.807) is 0 Å². The summed E-state index contributed by atoms with van der Waals surface area (Å²) in [6.07, 6.45) is 0. The molecule has 0 aliphatic heterocycles. The van der Waals surface area contributed by atoms with E-state index in [-0.39, 0.29) is 29.0 Å². The molecular formula is C13H11ClN4O4S2. The molecule has 24 heavy (non-hydrogen) atoms. The summed E-state index contributed by atoms with van der Waals surface area (Å²) in [5, 5.41) is 21.8. The Hall–Kier alpha value is -2.17. The van der Waals surface area contributed by atoms with Gasteiger partial charge in [-0.1, -0.05) is 23.1 Å². The van der Waals surface area contributed by atoms with Crippen LogP contribution in [0.15, 0.2) is 28.6 Å². The zero-order chi connectivity index (χ0) is 17.5.